The van der Waals surface area contributed by atoms with Gasteiger partial charge in [0.25, 0.3) is 0 Å². The Morgan fingerprint density at radius 1 is 1.31 bits per heavy atom. The molecule has 0 aliphatic carbocycles. The first kappa shape index (κ1) is 10.3. The first-order valence-corrected chi connectivity index (χ1v) is 6.35. The average molecular weight is 220 g/mol. The van der Waals surface area contributed by atoms with E-state index < -0.39 is 0 Å². The number of rotatable bonds is 2. The molecule has 0 spiro atoms. The second-order valence-electron chi connectivity index (χ2n) is 4.97. The molecular formula is C12H20N4. The Kier molecular flexibility index (Phi) is 2.93. The van der Waals surface area contributed by atoms with Crippen molar-refractivity contribution in [1.82, 2.24) is 19.8 Å². The molecule has 0 atom stereocenters. The molecular weight excluding hydrogens is 200 g/mol. The van der Waals surface area contributed by atoms with Gasteiger partial charge in [-0.3, -0.25) is 4.90 Å². The number of aromatic nitrogens is 2. The Morgan fingerprint density at radius 2 is 2.19 bits per heavy atom. The van der Waals surface area contributed by atoms with E-state index in [1.807, 2.05) is 6.20 Å². The van der Waals surface area contributed by atoms with Crippen molar-refractivity contribution in [3.8, 4) is 0 Å². The predicted octanol–water partition coefficient (Wildman–Crippen LogP) is 0.698. The Balaban J connectivity index is 1.57. The van der Waals surface area contributed by atoms with Crippen molar-refractivity contribution in [2.75, 3.05) is 26.2 Å². The largest absolute Gasteiger partial charge is 0.333 e. The van der Waals surface area contributed by atoms with Crippen molar-refractivity contribution in [1.29, 1.82) is 0 Å². The number of nitrogens with one attached hydrogen (secondary N) is 1. The molecule has 0 unspecified atom stereocenters. The quantitative estimate of drug-likeness (QED) is 0.796. The van der Waals surface area contributed by atoms with E-state index in [0.29, 0.717) is 0 Å². The molecule has 2 aliphatic rings. The summed E-state index contributed by atoms with van der Waals surface area (Å²) in [5.41, 5.74) is 0. The van der Waals surface area contributed by atoms with Gasteiger partial charge in [0.2, 0.25) is 0 Å². The van der Waals surface area contributed by atoms with Gasteiger partial charge in [0.15, 0.2) is 0 Å². The molecule has 2 aliphatic heterocycles. The van der Waals surface area contributed by atoms with Crippen molar-refractivity contribution in [3.05, 3.63) is 18.2 Å². The van der Waals surface area contributed by atoms with Crippen LogP contribution in [-0.4, -0.2) is 40.6 Å². The molecule has 3 heterocycles. The van der Waals surface area contributed by atoms with Crippen molar-refractivity contribution >= 4 is 0 Å². The van der Waals surface area contributed by atoms with Gasteiger partial charge in [-0.1, -0.05) is 0 Å². The monoisotopic (exact) mass is 220 g/mol. The Labute approximate surface area is 96.7 Å². The zero-order valence-corrected chi connectivity index (χ0v) is 9.73. The van der Waals surface area contributed by atoms with E-state index in [1.165, 1.54) is 44.8 Å². The van der Waals surface area contributed by atoms with E-state index in [-0.39, 0.29) is 0 Å². The van der Waals surface area contributed by atoms with Crippen LogP contribution >= 0.6 is 0 Å². The molecule has 0 amide bonds. The highest BCUT2D eigenvalue weighted by Gasteiger charge is 2.21. The van der Waals surface area contributed by atoms with Gasteiger partial charge < -0.3 is 9.88 Å². The summed E-state index contributed by atoms with van der Waals surface area (Å²) in [5, 5.41) is 3.43. The number of piperidine rings is 1. The van der Waals surface area contributed by atoms with Gasteiger partial charge in [-0.05, 0) is 31.8 Å². The second-order valence-corrected chi connectivity index (χ2v) is 4.97. The summed E-state index contributed by atoms with van der Waals surface area (Å²) < 4.78 is 2.28. The third-order valence-corrected chi connectivity index (χ3v) is 3.80. The normalized spacial score (nSPS) is 23.2. The number of hydrogen-bond acceptors (Lipinski definition) is 3. The Hall–Kier alpha value is -0.870. The van der Waals surface area contributed by atoms with Crippen molar-refractivity contribution < 1.29 is 0 Å². The lowest BCUT2D eigenvalue weighted by Gasteiger charge is -2.32. The van der Waals surface area contributed by atoms with Crippen molar-refractivity contribution in [2.24, 2.45) is 5.92 Å². The fourth-order valence-corrected chi connectivity index (χ4v) is 2.81. The molecule has 0 radical (unpaired) electrons. The van der Waals surface area contributed by atoms with Crippen molar-refractivity contribution in [2.45, 2.75) is 25.9 Å². The minimum absolute atomic E-state index is 0.891. The molecule has 1 aromatic rings. The van der Waals surface area contributed by atoms with E-state index in [4.69, 9.17) is 0 Å². The summed E-state index contributed by atoms with van der Waals surface area (Å²) in [7, 11) is 0. The van der Waals surface area contributed by atoms with Gasteiger partial charge in [0, 0.05) is 32.0 Å². The zero-order chi connectivity index (χ0) is 10.8. The van der Waals surface area contributed by atoms with Crippen LogP contribution in [-0.2, 0) is 13.1 Å². The van der Waals surface area contributed by atoms with Gasteiger partial charge in [-0.2, -0.15) is 0 Å². The molecule has 0 aromatic carbocycles. The maximum atomic E-state index is 4.41. The van der Waals surface area contributed by atoms with Crippen LogP contribution in [0.25, 0.3) is 0 Å². The minimum atomic E-state index is 0.891. The molecule has 1 saturated heterocycles. The maximum Gasteiger partial charge on any atom is 0.122 e. The van der Waals surface area contributed by atoms with E-state index in [9.17, 15) is 0 Å². The van der Waals surface area contributed by atoms with E-state index in [0.717, 1.165) is 19.0 Å². The topological polar surface area (TPSA) is 33.1 Å². The summed E-state index contributed by atoms with van der Waals surface area (Å²) in [6, 6.07) is 0. The summed E-state index contributed by atoms with van der Waals surface area (Å²) in [5.74, 6) is 2.13. The van der Waals surface area contributed by atoms with Gasteiger partial charge in [0.05, 0.1) is 6.54 Å². The summed E-state index contributed by atoms with van der Waals surface area (Å²) in [6.07, 6.45) is 6.69. The fraction of sp³-hybridized carbons (Fsp3) is 0.750. The lowest BCUT2D eigenvalue weighted by molar-refractivity contribution is 0.168. The lowest BCUT2D eigenvalue weighted by atomic mass is 9.97. The van der Waals surface area contributed by atoms with Crippen LogP contribution in [0, 0.1) is 5.92 Å². The smallest absolute Gasteiger partial charge is 0.122 e. The highest BCUT2D eigenvalue weighted by Crippen LogP contribution is 2.17. The first-order valence-electron chi connectivity index (χ1n) is 6.35. The van der Waals surface area contributed by atoms with Gasteiger partial charge in [-0.25, -0.2) is 4.98 Å². The summed E-state index contributed by atoms with van der Waals surface area (Å²) in [4.78, 5) is 6.98. The van der Waals surface area contributed by atoms with Gasteiger partial charge in [0.1, 0.15) is 5.82 Å². The minimum Gasteiger partial charge on any atom is -0.333 e. The third kappa shape index (κ3) is 2.13. The average Bonchev–Trinajstić information content (AvgIpc) is 2.77. The molecule has 3 rings (SSSR count). The predicted molar refractivity (Wildman–Crippen MR) is 63.1 cm³/mol. The molecule has 4 nitrogen and oxygen atoms in total. The van der Waals surface area contributed by atoms with Gasteiger partial charge >= 0.3 is 0 Å². The summed E-state index contributed by atoms with van der Waals surface area (Å²) >= 11 is 0. The molecule has 1 aromatic heterocycles. The van der Waals surface area contributed by atoms with Crippen LogP contribution in [0.15, 0.2) is 12.4 Å². The Morgan fingerprint density at radius 3 is 3.06 bits per heavy atom. The third-order valence-electron chi connectivity index (χ3n) is 3.80. The number of nitrogens with zero attached hydrogens (tertiary/aromatic N) is 3. The first-order chi connectivity index (χ1) is 7.92. The van der Waals surface area contributed by atoms with Crippen LogP contribution in [0.1, 0.15) is 18.7 Å². The molecule has 0 saturated carbocycles. The number of hydrogen-bond donors (Lipinski definition) is 1. The standard InChI is InChI=1S/C12H20N4/c1-3-13-4-2-11(1)9-15-7-8-16-6-5-14-12(16)10-15/h5-6,11,13H,1-4,7-10H2. The fourth-order valence-electron chi connectivity index (χ4n) is 2.81. The molecule has 1 fully saturated rings. The number of fused-ring (bicyclic) bond motifs is 1. The second kappa shape index (κ2) is 4.55. The van der Waals surface area contributed by atoms with Gasteiger partial charge in [-0.15, -0.1) is 0 Å². The molecule has 88 valence electrons. The van der Waals surface area contributed by atoms with Crippen LogP contribution in [0.4, 0.5) is 0 Å². The maximum absolute atomic E-state index is 4.41. The highest BCUT2D eigenvalue weighted by molar-refractivity contribution is 4.95. The van der Waals surface area contributed by atoms with E-state index >= 15 is 0 Å². The van der Waals surface area contributed by atoms with E-state index in [1.54, 1.807) is 0 Å². The summed E-state index contributed by atoms with van der Waals surface area (Å²) in [6.45, 7) is 7.00. The molecule has 1 N–H and O–H groups in total. The molecule has 16 heavy (non-hydrogen) atoms. The van der Waals surface area contributed by atoms with E-state index in [2.05, 4.69) is 26.0 Å². The SMILES string of the molecule is c1cn2c(n1)CN(CC1CCNCC1)CC2. The lowest BCUT2D eigenvalue weighted by Crippen LogP contribution is -2.40. The van der Waals surface area contributed by atoms with Crippen molar-refractivity contribution in [3.63, 3.8) is 0 Å². The highest BCUT2D eigenvalue weighted by atomic mass is 15.2. The van der Waals surface area contributed by atoms with Crippen LogP contribution in [0.3, 0.4) is 0 Å². The van der Waals surface area contributed by atoms with Crippen LogP contribution < -0.4 is 5.32 Å². The molecule has 0 bridgehead atoms. The zero-order valence-electron chi connectivity index (χ0n) is 9.73. The number of imidazole rings is 1. The Bertz CT molecular complexity index is 341. The van der Waals surface area contributed by atoms with Crippen LogP contribution in [0.5, 0.6) is 0 Å². The molecule has 4 heteroatoms. The van der Waals surface area contributed by atoms with Crippen LogP contribution in [0.2, 0.25) is 0 Å².